The van der Waals surface area contributed by atoms with Crippen LogP contribution in [0.25, 0.3) is 0 Å². The molecule has 1 aliphatic rings. The van der Waals surface area contributed by atoms with E-state index in [9.17, 15) is 4.79 Å². The Morgan fingerprint density at radius 3 is 2.56 bits per heavy atom. The summed E-state index contributed by atoms with van der Waals surface area (Å²) in [6, 6.07) is 0. The molecule has 1 rings (SSSR count). The standard InChI is InChI=1S/C12H25N3O/c1-4-15(5-2)12(16)10-14(3)9-11-6-7-13-8-11/h11,13H,4-10H2,1-3H3. The van der Waals surface area contributed by atoms with Crippen molar-refractivity contribution in [3.8, 4) is 0 Å². The van der Waals surface area contributed by atoms with Crippen LogP contribution in [0.4, 0.5) is 0 Å². The molecular formula is C12H25N3O. The van der Waals surface area contributed by atoms with Gasteiger partial charge in [-0.2, -0.15) is 0 Å². The van der Waals surface area contributed by atoms with E-state index in [1.165, 1.54) is 6.42 Å². The summed E-state index contributed by atoms with van der Waals surface area (Å²) in [6.07, 6.45) is 1.24. The molecule has 1 saturated heterocycles. The van der Waals surface area contributed by atoms with Crippen molar-refractivity contribution in [3.63, 3.8) is 0 Å². The number of amides is 1. The summed E-state index contributed by atoms with van der Waals surface area (Å²) in [4.78, 5) is 15.9. The topological polar surface area (TPSA) is 35.6 Å². The molecule has 0 aliphatic carbocycles. The van der Waals surface area contributed by atoms with Gasteiger partial charge in [-0.15, -0.1) is 0 Å². The number of hydrogen-bond donors (Lipinski definition) is 1. The predicted molar refractivity (Wildman–Crippen MR) is 66.4 cm³/mol. The summed E-state index contributed by atoms with van der Waals surface area (Å²) in [5.74, 6) is 0.966. The highest BCUT2D eigenvalue weighted by atomic mass is 16.2. The van der Waals surface area contributed by atoms with Gasteiger partial charge in [-0.3, -0.25) is 9.69 Å². The molecular weight excluding hydrogens is 202 g/mol. The Bertz CT molecular complexity index is 210. The minimum Gasteiger partial charge on any atom is -0.342 e. The second-order valence-corrected chi connectivity index (χ2v) is 4.62. The van der Waals surface area contributed by atoms with Gasteiger partial charge in [-0.25, -0.2) is 0 Å². The van der Waals surface area contributed by atoms with Gasteiger partial charge in [0.2, 0.25) is 5.91 Å². The molecule has 1 amide bonds. The zero-order chi connectivity index (χ0) is 12.0. The van der Waals surface area contributed by atoms with Gasteiger partial charge in [0.15, 0.2) is 0 Å². The highest BCUT2D eigenvalue weighted by Crippen LogP contribution is 2.08. The molecule has 4 heteroatoms. The molecule has 1 heterocycles. The summed E-state index contributed by atoms with van der Waals surface area (Å²) in [6.45, 7) is 9.50. The van der Waals surface area contributed by atoms with Crippen molar-refractivity contribution in [1.29, 1.82) is 0 Å². The second kappa shape index (κ2) is 6.86. The summed E-state index contributed by atoms with van der Waals surface area (Å²) < 4.78 is 0. The molecule has 4 nitrogen and oxygen atoms in total. The number of hydrogen-bond acceptors (Lipinski definition) is 3. The Hall–Kier alpha value is -0.610. The zero-order valence-corrected chi connectivity index (χ0v) is 10.8. The molecule has 16 heavy (non-hydrogen) atoms. The Labute approximate surface area is 99.0 Å². The lowest BCUT2D eigenvalue weighted by Crippen LogP contribution is -2.40. The first-order chi connectivity index (χ1) is 7.67. The van der Waals surface area contributed by atoms with Crippen molar-refractivity contribution in [2.45, 2.75) is 20.3 Å². The van der Waals surface area contributed by atoms with E-state index in [4.69, 9.17) is 0 Å². The Morgan fingerprint density at radius 1 is 1.38 bits per heavy atom. The first-order valence-corrected chi connectivity index (χ1v) is 6.34. The van der Waals surface area contributed by atoms with Crippen LogP contribution in [0.15, 0.2) is 0 Å². The molecule has 1 N–H and O–H groups in total. The highest BCUT2D eigenvalue weighted by Gasteiger charge is 2.18. The fraction of sp³-hybridized carbons (Fsp3) is 0.917. The minimum absolute atomic E-state index is 0.249. The van der Waals surface area contributed by atoms with Gasteiger partial charge in [0.1, 0.15) is 0 Å². The number of rotatable bonds is 6. The fourth-order valence-electron chi connectivity index (χ4n) is 2.28. The van der Waals surface area contributed by atoms with Crippen molar-refractivity contribution in [2.75, 3.05) is 46.3 Å². The summed E-state index contributed by atoms with van der Waals surface area (Å²) in [7, 11) is 2.04. The molecule has 1 fully saturated rings. The van der Waals surface area contributed by atoms with E-state index >= 15 is 0 Å². The molecule has 0 saturated carbocycles. The molecule has 0 aromatic carbocycles. The van der Waals surface area contributed by atoms with E-state index in [1.807, 2.05) is 25.8 Å². The van der Waals surface area contributed by atoms with Crippen LogP contribution < -0.4 is 5.32 Å². The van der Waals surface area contributed by atoms with Crippen molar-refractivity contribution >= 4 is 5.91 Å². The molecule has 1 unspecified atom stereocenters. The van der Waals surface area contributed by atoms with Gasteiger partial charge < -0.3 is 10.2 Å². The maximum absolute atomic E-state index is 11.9. The second-order valence-electron chi connectivity index (χ2n) is 4.62. The lowest BCUT2D eigenvalue weighted by atomic mass is 10.1. The van der Waals surface area contributed by atoms with E-state index < -0.39 is 0 Å². The fourth-order valence-corrected chi connectivity index (χ4v) is 2.28. The number of likely N-dealkylation sites (N-methyl/N-ethyl adjacent to an activating group) is 2. The number of nitrogens with one attached hydrogen (secondary N) is 1. The third-order valence-electron chi connectivity index (χ3n) is 3.25. The maximum Gasteiger partial charge on any atom is 0.236 e. The zero-order valence-electron chi connectivity index (χ0n) is 10.8. The van der Waals surface area contributed by atoms with Crippen molar-refractivity contribution in [3.05, 3.63) is 0 Å². The van der Waals surface area contributed by atoms with E-state index in [-0.39, 0.29) is 5.91 Å². The molecule has 0 aromatic rings. The lowest BCUT2D eigenvalue weighted by Gasteiger charge is -2.24. The highest BCUT2D eigenvalue weighted by molar-refractivity contribution is 5.78. The van der Waals surface area contributed by atoms with Crippen molar-refractivity contribution < 1.29 is 4.79 Å². The van der Waals surface area contributed by atoms with E-state index in [1.54, 1.807) is 0 Å². The molecule has 0 spiro atoms. The first kappa shape index (κ1) is 13.5. The van der Waals surface area contributed by atoms with E-state index in [2.05, 4.69) is 10.2 Å². The van der Waals surface area contributed by atoms with Crippen LogP contribution in [0.3, 0.4) is 0 Å². The van der Waals surface area contributed by atoms with Gasteiger partial charge in [0.25, 0.3) is 0 Å². The molecule has 0 radical (unpaired) electrons. The number of carbonyl (C=O) groups excluding carboxylic acids is 1. The average molecular weight is 227 g/mol. The SMILES string of the molecule is CCN(CC)C(=O)CN(C)CC1CCNC1. The van der Waals surface area contributed by atoms with E-state index in [0.29, 0.717) is 6.54 Å². The third kappa shape index (κ3) is 4.10. The molecule has 0 aromatic heterocycles. The Kier molecular flexibility index (Phi) is 5.77. The van der Waals surface area contributed by atoms with Gasteiger partial charge in [0, 0.05) is 19.6 Å². The quantitative estimate of drug-likeness (QED) is 0.713. The smallest absolute Gasteiger partial charge is 0.236 e. The Morgan fingerprint density at radius 2 is 2.06 bits per heavy atom. The van der Waals surface area contributed by atoms with Crippen LogP contribution >= 0.6 is 0 Å². The molecule has 0 bridgehead atoms. The monoisotopic (exact) mass is 227 g/mol. The number of carbonyl (C=O) groups is 1. The van der Waals surface area contributed by atoms with Crippen LogP contribution in [0, 0.1) is 5.92 Å². The molecule has 1 atom stereocenters. The van der Waals surface area contributed by atoms with Crippen molar-refractivity contribution in [1.82, 2.24) is 15.1 Å². The third-order valence-corrected chi connectivity index (χ3v) is 3.25. The Balaban J connectivity index is 2.26. The number of nitrogens with zero attached hydrogens (tertiary/aromatic N) is 2. The molecule has 94 valence electrons. The normalized spacial score (nSPS) is 20.4. The van der Waals surface area contributed by atoms with Gasteiger partial charge in [-0.1, -0.05) is 0 Å². The summed E-state index contributed by atoms with van der Waals surface area (Å²) in [5.41, 5.74) is 0. The van der Waals surface area contributed by atoms with Crippen LogP contribution in [-0.4, -0.2) is 62.0 Å². The van der Waals surface area contributed by atoms with Crippen LogP contribution in [0.2, 0.25) is 0 Å². The summed E-state index contributed by atoms with van der Waals surface area (Å²) in [5, 5.41) is 3.35. The van der Waals surface area contributed by atoms with Crippen LogP contribution in [0.5, 0.6) is 0 Å². The summed E-state index contributed by atoms with van der Waals surface area (Å²) >= 11 is 0. The van der Waals surface area contributed by atoms with Gasteiger partial charge in [-0.05, 0) is 46.3 Å². The van der Waals surface area contributed by atoms with E-state index in [0.717, 1.165) is 38.6 Å². The van der Waals surface area contributed by atoms with Gasteiger partial charge in [0.05, 0.1) is 6.54 Å². The van der Waals surface area contributed by atoms with Crippen LogP contribution in [-0.2, 0) is 4.79 Å². The van der Waals surface area contributed by atoms with Crippen LogP contribution in [0.1, 0.15) is 20.3 Å². The first-order valence-electron chi connectivity index (χ1n) is 6.34. The largest absolute Gasteiger partial charge is 0.342 e. The minimum atomic E-state index is 0.249. The lowest BCUT2D eigenvalue weighted by molar-refractivity contribution is -0.131. The molecule has 1 aliphatic heterocycles. The van der Waals surface area contributed by atoms with Gasteiger partial charge >= 0.3 is 0 Å². The average Bonchev–Trinajstić information content (AvgIpc) is 2.71. The van der Waals surface area contributed by atoms with Crippen molar-refractivity contribution in [2.24, 2.45) is 5.92 Å². The predicted octanol–water partition coefficient (Wildman–Crippen LogP) is 0.396. The maximum atomic E-state index is 11.9.